The van der Waals surface area contributed by atoms with E-state index in [9.17, 15) is 20.4 Å². The Hall–Kier alpha value is -1.82. The molecule has 0 heterocycles. The summed E-state index contributed by atoms with van der Waals surface area (Å²) in [5.41, 5.74) is 0.223. The minimum absolute atomic E-state index is 0.112. The van der Waals surface area contributed by atoms with Gasteiger partial charge in [0.05, 0.1) is 12.2 Å². The van der Waals surface area contributed by atoms with Crippen LogP contribution in [0, 0.1) is 92.7 Å². The van der Waals surface area contributed by atoms with Crippen LogP contribution < -0.4 is 0 Å². The largest absolute Gasteiger partial charge is 0.393 e. The van der Waals surface area contributed by atoms with E-state index < -0.39 is 11.2 Å². The monoisotopic (exact) mass is 706 g/mol. The van der Waals surface area contributed by atoms with Crippen LogP contribution in [0.15, 0.2) is 24.3 Å². The van der Waals surface area contributed by atoms with Crippen molar-refractivity contribution < 1.29 is 20.4 Å². The molecule has 0 radical (unpaired) electrons. The number of aliphatic hydroxyl groups is 4. The molecule has 0 amide bonds. The highest BCUT2D eigenvalue weighted by molar-refractivity contribution is 5.45. The predicted octanol–water partition coefficient (Wildman–Crippen LogP) is 8.66. The van der Waals surface area contributed by atoms with Gasteiger partial charge >= 0.3 is 0 Å². The van der Waals surface area contributed by atoms with Crippen molar-refractivity contribution in [3.8, 4) is 23.7 Å². The molecule has 4 N–H and O–H groups in total. The van der Waals surface area contributed by atoms with Crippen LogP contribution in [0.3, 0.4) is 0 Å². The molecule has 8 aliphatic rings. The number of hydrogen-bond donors (Lipinski definition) is 4. The Morgan fingerprint density at radius 3 is 1.27 bits per heavy atom. The number of aliphatic hydroxyl groups excluding tert-OH is 2. The lowest BCUT2D eigenvalue weighted by Gasteiger charge is -2.61. The average molecular weight is 707 g/mol. The molecule has 1 aromatic rings. The fourth-order valence-corrected chi connectivity index (χ4v) is 15.9. The van der Waals surface area contributed by atoms with Gasteiger partial charge in [-0.3, -0.25) is 0 Å². The van der Waals surface area contributed by atoms with Crippen molar-refractivity contribution in [1.82, 2.24) is 0 Å². The van der Waals surface area contributed by atoms with E-state index in [1.165, 1.54) is 38.5 Å². The van der Waals surface area contributed by atoms with Crippen molar-refractivity contribution in [2.45, 2.75) is 167 Å². The summed E-state index contributed by atoms with van der Waals surface area (Å²) in [7, 11) is 0. The normalized spacial score (nSPS) is 53.3. The van der Waals surface area contributed by atoms with Crippen LogP contribution in [0.4, 0.5) is 0 Å². The fraction of sp³-hybridized carbons (Fsp3) is 0.792. The van der Waals surface area contributed by atoms with Crippen molar-refractivity contribution >= 4 is 0 Å². The smallest absolute Gasteiger partial charge is 0.131 e. The van der Waals surface area contributed by atoms with Gasteiger partial charge < -0.3 is 20.4 Å². The highest BCUT2D eigenvalue weighted by atomic mass is 16.3. The second kappa shape index (κ2) is 12.3. The van der Waals surface area contributed by atoms with Gasteiger partial charge in [0.1, 0.15) is 11.2 Å². The molecule has 8 saturated carbocycles. The van der Waals surface area contributed by atoms with E-state index >= 15 is 0 Å². The Bertz CT molecular complexity index is 1560. The zero-order valence-corrected chi connectivity index (χ0v) is 32.6. The van der Waals surface area contributed by atoms with Gasteiger partial charge in [-0.1, -0.05) is 51.4 Å². The van der Waals surface area contributed by atoms with Crippen molar-refractivity contribution in [2.75, 3.05) is 0 Å². The second-order valence-corrected chi connectivity index (χ2v) is 21.0. The van der Waals surface area contributed by atoms with E-state index in [2.05, 4.69) is 51.4 Å². The first-order valence-corrected chi connectivity index (χ1v) is 21.7. The van der Waals surface area contributed by atoms with Gasteiger partial charge in [0.25, 0.3) is 0 Å². The maximum Gasteiger partial charge on any atom is 0.131 e. The van der Waals surface area contributed by atoms with E-state index in [1.54, 1.807) is 0 Å². The Balaban J connectivity index is 0.879. The molecule has 52 heavy (non-hydrogen) atoms. The van der Waals surface area contributed by atoms with Crippen LogP contribution in [-0.2, 0) is 0 Å². The minimum Gasteiger partial charge on any atom is -0.393 e. The van der Waals surface area contributed by atoms with E-state index in [-0.39, 0.29) is 23.0 Å². The number of benzene rings is 1. The SMILES string of the molecule is C[C@]12CC[C@H](O)C[C@@H]1CC[C@@H]1[C@@H]2CC[C@@]2(C)[C@H]1CC[C@@]2(O)C#Cc1ccc(C#C[C@]2(O)CC[C@H]3[C@@H]4CC[C@H]5C[C@@H](O)CC[C@]5(C)[C@H]4CC[C@@]32C)cc1. The van der Waals surface area contributed by atoms with Gasteiger partial charge in [-0.05, 0) is 198 Å². The molecular formula is C48H66O4. The van der Waals surface area contributed by atoms with Crippen LogP contribution in [0.1, 0.15) is 154 Å². The molecular weight excluding hydrogens is 641 g/mol. The molecule has 0 saturated heterocycles. The maximum absolute atomic E-state index is 12.2. The molecule has 0 bridgehead atoms. The minimum atomic E-state index is -0.965. The molecule has 8 aliphatic carbocycles. The molecule has 4 nitrogen and oxygen atoms in total. The van der Waals surface area contributed by atoms with Gasteiger partial charge in [0.2, 0.25) is 0 Å². The Labute approximate surface area is 314 Å². The fourth-order valence-electron chi connectivity index (χ4n) is 15.9. The van der Waals surface area contributed by atoms with Crippen molar-refractivity contribution in [2.24, 2.45) is 69.0 Å². The first-order valence-electron chi connectivity index (χ1n) is 21.7. The van der Waals surface area contributed by atoms with Crippen LogP contribution in [0.2, 0.25) is 0 Å². The summed E-state index contributed by atoms with van der Waals surface area (Å²) in [5, 5.41) is 45.3. The standard InChI is InChI=1S/C48H66O4/c1-43-21-15-35(49)29-33(43)9-11-37-39(43)17-23-45(3)41(37)19-27-47(45,51)25-13-31-5-7-32(8-6-31)14-26-48(52)28-20-42-38-12-10-34-30-36(50)16-22-44(34,2)40(38)18-24-46(42,48)4/h5-8,33-42,49-52H,9-12,15-24,27-30H2,1-4H3/t33-,34-,35-,36-,37+,38+,39-,40-,41-,42-,43-,44-,45-,46-,47-,48-/m0/s1. The maximum atomic E-state index is 12.2. The van der Waals surface area contributed by atoms with Gasteiger partial charge in [0.15, 0.2) is 0 Å². The van der Waals surface area contributed by atoms with E-state index in [0.717, 1.165) is 88.2 Å². The number of hydrogen-bond acceptors (Lipinski definition) is 4. The first-order chi connectivity index (χ1) is 24.7. The first kappa shape index (κ1) is 35.9. The van der Waals surface area contributed by atoms with Gasteiger partial charge in [0, 0.05) is 22.0 Å². The molecule has 0 spiro atoms. The summed E-state index contributed by atoms with van der Waals surface area (Å²) in [4.78, 5) is 0. The van der Waals surface area contributed by atoms with Gasteiger partial charge in [-0.25, -0.2) is 0 Å². The predicted molar refractivity (Wildman–Crippen MR) is 206 cm³/mol. The van der Waals surface area contributed by atoms with Crippen molar-refractivity contribution in [1.29, 1.82) is 0 Å². The summed E-state index contributed by atoms with van der Waals surface area (Å²) in [6.45, 7) is 9.74. The van der Waals surface area contributed by atoms with Gasteiger partial charge in [-0.2, -0.15) is 0 Å². The number of rotatable bonds is 0. The zero-order chi connectivity index (χ0) is 36.3. The molecule has 0 unspecified atom stereocenters. The molecule has 1 aromatic carbocycles. The van der Waals surface area contributed by atoms with Crippen molar-refractivity contribution in [3.63, 3.8) is 0 Å². The Morgan fingerprint density at radius 1 is 0.481 bits per heavy atom. The third-order valence-electron chi connectivity index (χ3n) is 19.3. The quantitative estimate of drug-likeness (QED) is 0.204. The Morgan fingerprint density at radius 2 is 0.865 bits per heavy atom. The lowest BCUT2D eigenvalue weighted by molar-refractivity contribution is -0.144. The van der Waals surface area contributed by atoms with E-state index in [1.807, 2.05) is 24.3 Å². The molecule has 0 aliphatic heterocycles. The summed E-state index contributed by atoms with van der Waals surface area (Å²) >= 11 is 0. The summed E-state index contributed by atoms with van der Waals surface area (Å²) in [6.07, 6.45) is 19.0. The van der Waals surface area contributed by atoms with E-state index in [0.29, 0.717) is 58.2 Å². The lowest BCUT2D eigenvalue weighted by atomic mass is 9.44. The summed E-state index contributed by atoms with van der Waals surface area (Å²) < 4.78 is 0. The third-order valence-corrected chi connectivity index (χ3v) is 19.3. The van der Waals surface area contributed by atoms with Gasteiger partial charge in [-0.15, -0.1) is 0 Å². The Kier molecular flexibility index (Phi) is 8.51. The van der Waals surface area contributed by atoms with Crippen LogP contribution in [-0.4, -0.2) is 43.8 Å². The second-order valence-electron chi connectivity index (χ2n) is 21.0. The topological polar surface area (TPSA) is 80.9 Å². The molecule has 9 rings (SSSR count). The van der Waals surface area contributed by atoms with Crippen LogP contribution >= 0.6 is 0 Å². The third kappa shape index (κ3) is 5.16. The van der Waals surface area contributed by atoms with Crippen LogP contribution in [0.25, 0.3) is 0 Å². The average Bonchev–Trinajstić information content (AvgIpc) is 3.56. The molecule has 4 heteroatoms. The van der Waals surface area contributed by atoms with Crippen molar-refractivity contribution in [3.05, 3.63) is 35.4 Å². The molecule has 282 valence electrons. The molecule has 0 aromatic heterocycles. The van der Waals surface area contributed by atoms with E-state index in [4.69, 9.17) is 0 Å². The number of fused-ring (bicyclic) bond motifs is 10. The highest BCUT2D eigenvalue weighted by Gasteiger charge is 2.66. The molecule has 16 atom stereocenters. The molecule has 8 fully saturated rings. The zero-order valence-electron chi connectivity index (χ0n) is 32.6. The summed E-state index contributed by atoms with van der Waals surface area (Å²) in [5.74, 6) is 18.8. The highest BCUT2D eigenvalue weighted by Crippen LogP contribution is 2.70. The summed E-state index contributed by atoms with van der Waals surface area (Å²) in [6, 6.07) is 8.17. The van der Waals surface area contributed by atoms with Crippen LogP contribution in [0.5, 0.6) is 0 Å². The lowest BCUT2D eigenvalue weighted by Crippen LogP contribution is -2.56.